The van der Waals surface area contributed by atoms with E-state index in [0.717, 1.165) is 6.07 Å². The van der Waals surface area contributed by atoms with Gasteiger partial charge in [-0.25, -0.2) is 4.39 Å². The molecule has 0 spiro atoms. The molecule has 2 aromatic carbocycles. The molecule has 0 radical (unpaired) electrons. The lowest BCUT2D eigenvalue weighted by molar-refractivity contribution is 0.483. The maximum atomic E-state index is 12.9. The fraction of sp³-hybridized carbons (Fsp3) is 0. The van der Waals surface area contributed by atoms with Crippen molar-refractivity contribution < 1.29 is 17.0 Å². The van der Waals surface area contributed by atoms with Gasteiger partial charge in [-0.05, 0) is 30.3 Å². The van der Waals surface area contributed by atoms with Crippen molar-refractivity contribution in [2.45, 2.75) is 4.90 Å². The van der Waals surface area contributed by atoms with Gasteiger partial charge in [0.2, 0.25) is 0 Å². The van der Waals surface area contributed by atoms with Gasteiger partial charge in [0.05, 0.1) is 0 Å². The Morgan fingerprint density at radius 1 is 1.06 bits per heavy atom. The highest BCUT2D eigenvalue weighted by molar-refractivity contribution is 7.87. The molecule has 0 heterocycles. The standard InChI is InChI=1S/C12H8ClFO3S/c13-9-3-1-6-12(7-9)18(15,16)17-11-5-2-4-10(14)8-11/h1-8H. The molecular formula is C12H8ClFO3S. The zero-order valence-electron chi connectivity index (χ0n) is 9.01. The van der Waals surface area contributed by atoms with Crippen LogP contribution in [0.3, 0.4) is 0 Å². The monoisotopic (exact) mass is 286 g/mol. The van der Waals surface area contributed by atoms with Crippen molar-refractivity contribution >= 4 is 21.7 Å². The SMILES string of the molecule is O=S(=O)(Oc1cccc(F)c1)c1cccc(Cl)c1. The quantitative estimate of drug-likeness (QED) is 0.814. The van der Waals surface area contributed by atoms with E-state index < -0.39 is 15.9 Å². The Bertz CT molecular complexity index is 671. The maximum Gasteiger partial charge on any atom is 0.339 e. The summed E-state index contributed by atoms with van der Waals surface area (Å²) in [6.45, 7) is 0. The van der Waals surface area contributed by atoms with E-state index in [1.807, 2.05) is 0 Å². The molecule has 2 rings (SSSR count). The van der Waals surface area contributed by atoms with Crippen LogP contribution >= 0.6 is 11.6 Å². The first-order chi connectivity index (χ1) is 8.47. The lowest BCUT2D eigenvalue weighted by Crippen LogP contribution is -2.09. The number of hydrogen-bond acceptors (Lipinski definition) is 3. The van der Waals surface area contributed by atoms with Gasteiger partial charge in [0.15, 0.2) is 0 Å². The summed E-state index contributed by atoms with van der Waals surface area (Å²) in [4.78, 5) is -0.0840. The minimum Gasteiger partial charge on any atom is -0.379 e. The van der Waals surface area contributed by atoms with Crippen LogP contribution in [0.4, 0.5) is 4.39 Å². The Balaban J connectivity index is 2.33. The van der Waals surface area contributed by atoms with Crippen molar-refractivity contribution in [3.63, 3.8) is 0 Å². The fourth-order valence-corrected chi connectivity index (χ4v) is 2.54. The highest BCUT2D eigenvalue weighted by atomic mass is 35.5. The van der Waals surface area contributed by atoms with Gasteiger partial charge in [0.25, 0.3) is 0 Å². The summed E-state index contributed by atoms with van der Waals surface area (Å²) < 4.78 is 41.4. The van der Waals surface area contributed by atoms with Gasteiger partial charge in [-0.2, -0.15) is 8.42 Å². The molecule has 0 aromatic heterocycles. The molecular weight excluding hydrogens is 279 g/mol. The summed E-state index contributed by atoms with van der Waals surface area (Å²) in [7, 11) is -4.00. The van der Waals surface area contributed by atoms with Gasteiger partial charge in [0, 0.05) is 11.1 Å². The first-order valence-electron chi connectivity index (χ1n) is 4.93. The van der Waals surface area contributed by atoms with Crippen LogP contribution in [-0.4, -0.2) is 8.42 Å². The van der Waals surface area contributed by atoms with E-state index in [2.05, 4.69) is 0 Å². The van der Waals surface area contributed by atoms with Crippen LogP contribution in [0.25, 0.3) is 0 Å². The Morgan fingerprint density at radius 2 is 1.78 bits per heavy atom. The number of benzene rings is 2. The molecule has 6 heteroatoms. The second kappa shape index (κ2) is 4.96. The minimum atomic E-state index is -4.00. The summed E-state index contributed by atoms with van der Waals surface area (Å²) in [6, 6.07) is 10.5. The average molecular weight is 287 g/mol. The van der Waals surface area contributed by atoms with E-state index in [0.29, 0.717) is 0 Å². The third-order valence-corrected chi connectivity index (χ3v) is 3.57. The van der Waals surface area contributed by atoms with Gasteiger partial charge >= 0.3 is 10.1 Å². The van der Waals surface area contributed by atoms with Gasteiger partial charge < -0.3 is 4.18 Å². The van der Waals surface area contributed by atoms with E-state index in [9.17, 15) is 12.8 Å². The summed E-state index contributed by atoms with van der Waals surface area (Å²) in [5.41, 5.74) is 0. The summed E-state index contributed by atoms with van der Waals surface area (Å²) in [6.07, 6.45) is 0. The number of halogens is 2. The second-order valence-electron chi connectivity index (χ2n) is 3.45. The van der Waals surface area contributed by atoms with E-state index in [1.165, 1.54) is 36.4 Å². The molecule has 18 heavy (non-hydrogen) atoms. The van der Waals surface area contributed by atoms with Crippen LogP contribution in [0.1, 0.15) is 0 Å². The third kappa shape index (κ3) is 3.00. The van der Waals surface area contributed by atoms with Crippen LogP contribution in [0.15, 0.2) is 53.4 Å². The molecule has 0 N–H and O–H groups in total. The minimum absolute atomic E-state index is 0.0840. The van der Waals surface area contributed by atoms with Gasteiger partial charge in [0.1, 0.15) is 16.5 Å². The van der Waals surface area contributed by atoms with E-state index in [-0.39, 0.29) is 15.7 Å². The Kier molecular flexibility index (Phi) is 3.54. The van der Waals surface area contributed by atoms with Crippen molar-refractivity contribution in [2.75, 3.05) is 0 Å². The third-order valence-electron chi connectivity index (χ3n) is 2.09. The first-order valence-corrected chi connectivity index (χ1v) is 6.72. The largest absolute Gasteiger partial charge is 0.379 e. The Hall–Kier alpha value is -1.59. The van der Waals surface area contributed by atoms with Gasteiger partial charge in [-0.3, -0.25) is 0 Å². The molecule has 2 aromatic rings. The lowest BCUT2D eigenvalue weighted by atomic mass is 10.3. The Labute approximate surface area is 109 Å². The molecule has 0 saturated carbocycles. The Morgan fingerprint density at radius 3 is 2.44 bits per heavy atom. The van der Waals surface area contributed by atoms with Gasteiger partial charge in [-0.1, -0.05) is 23.7 Å². The molecule has 3 nitrogen and oxygen atoms in total. The highest BCUT2D eigenvalue weighted by Gasteiger charge is 2.17. The van der Waals surface area contributed by atoms with Gasteiger partial charge in [-0.15, -0.1) is 0 Å². The molecule has 94 valence electrons. The molecule has 0 aliphatic heterocycles. The smallest absolute Gasteiger partial charge is 0.339 e. The summed E-state index contributed by atoms with van der Waals surface area (Å²) >= 11 is 5.70. The summed E-state index contributed by atoms with van der Waals surface area (Å²) in [5.74, 6) is -0.663. The zero-order chi connectivity index (χ0) is 13.2. The molecule has 0 amide bonds. The summed E-state index contributed by atoms with van der Waals surface area (Å²) in [5, 5.41) is 0.277. The second-order valence-corrected chi connectivity index (χ2v) is 5.43. The molecule has 0 aliphatic carbocycles. The topological polar surface area (TPSA) is 43.4 Å². The van der Waals surface area contributed by atoms with Crippen molar-refractivity contribution in [1.29, 1.82) is 0 Å². The molecule has 0 unspecified atom stereocenters. The molecule has 0 fully saturated rings. The van der Waals surface area contributed by atoms with Crippen molar-refractivity contribution in [1.82, 2.24) is 0 Å². The van der Waals surface area contributed by atoms with Crippen LogP contribution in [0.2, 0.25) is 5.02 Å². The number of rotatable bonds is 3. The predicted octanol–water partition coefficient (Wildman–Crippen LogP) is 3.25. The average Bonchev–Trinajstić information content (AvgIpc) is 2.28. The zero-order valence-corrected chi connectivity index (χ0v) is 10.6. The van der Waals surface area contributed by atoms with Crippen LogP contribution < -0.4 is 4.18 Å². The molecule has 0 atom stereocenters. The van der Waals surface area contributed by atoms with Crippen molar-refractivity contribution in [3.8, 4) is 5.75 Å². The number of hydrogen-bond donors (Lipinski definition) is 0. The van der Waals surface area contributed by atoms with E-state index >= 15 is 0 Å². The van der Waals surface area contributed by atoms with Crippen molar-refractivity contribution in [3.05, 3.63) is 59.4 Å². The molecule has 0 saturated heterocycles. The lowest BCUT2D eigenvalue weighted by Gasteiger charge is -2.07. The normalized spacial score (nSPS) is 11.2. The maximum absolute atomic E-state index is 12.9. The van der Waals surface area contributed by atoms with Crippen LogP contribution in [0, 0.1) is 5.82 Å². The predicted molar refractivity (Wildman–Crippen MR) is 65.7 cm³/mol. The van der Waals surface area contributed by atoms with E-state index in [4.69, 9.17) is 15.8 Å². The first kappa shape index (κ1) is 12.9. The highest BCUT2D eigenvalue weighted by Crippen LogP contribution is 2.21. The molecule has 0 bridgehead atoms. The van der Waals surface area contributed by atoms with Crippen LogP contribution in [-0.2, 0) is 10.1 Å². The van der Waals surface area contributed by atoms with E-state index in [1.54, 1.807) is 6.07 Å². The van der Waals surface area contributed by atoms with Crippen molar-refractivity contribution in [2.24, 2.45) is 0 Å². The fourth-order valence-electron chi connectivity index (χ4n) is 1.32. The molecule has 0 aliphatic rings. The van der Waals surface area contributed by atoms with Crippen LogP contribution in [0.5, 0.6) is 5.75 Å².